The summed E-state index contributed by atoms with van der Waals surface area (Å²) in [5, 5.41) is 2.49. The van der Waals surface area contributed by atoms with E-state index in [1.54, 1.807) is 0 Å². The summed E-state index contributed by atoms with van der Waals surface area (Å²) in [6.45, 7) is 1.78. The molecule has 0 unspecified atom stereocenters. The van der Waals surface area contributed by atoms with Crippen LogP contribution in [-0.4, -0.2) is 38.1 Å². The van der Waals surface area contributed by atoms with Gasteiger partial charge in [0.2, 0.25) is 0 Å². The molecule has 1 saturated heterocycles. The van der Waals surface area contributed by atoms with Crippen molar-refractivity contribution in [1.82, 2.24) is 4.90 Å². The molecule has 21 heavy (non-hydrogen) atoms. The summed E-state index contributed by atoms with van der Waals surface area (Å²) >= 11 is 0. The van der Waals surface area contributed by atoms with Gasteiger partial charge >= 0.3 is 5.97 Å². The number of nitrogens with zero attached hydrogens (tertiary/aromatic N) is 1. The number of benzene rings is 2. The molecule has 2 atom stereocenters. The molecule has 1 aliphatic rings. The number of carbonyl (C=O) groups excluding carboxylic acids is 1. The van der Waals surface area contributed by atoms with Crippen LogP contribution >= 0.6 is 0 Å². The first-order valence-electron chi connectivity index (χ1n) is 7.44. The number of hydrogen-bond acceptors (Lipinski definition) is 3. The van der Waals surface area contributed by atoms with Crippen molar-refractivity contribution in [2.24, 2.45) is 5.92 Å². The maximum Gasteiger partial charge on any atom is 0.310 e. The zero-order valence-corrected chi connectivity index (χ0v) is 12.6. The summed E-state index contributed by atoms with van der Waals surface area (Å²) in [6, 6.07) is 14.8. The van der Waals surface area contributed by atoms with E-state index in [4.69, 9.17) is 4.74 Å². The van der Waals surface area contributed by atoms with E-state index in [1.165, 1.54) is 23.4 Å². The average molecular weight is 283 g/mol. The third-order valence-corrected chi connectivity index (χ3v) is 4.54. The van der Waals surface area contributed by atoms with Crippen LogP contribution in [0.5, 0.6) is 0 Å². The fourth-order valence-corrected chi connectivity index (χ4v) is 3.45. The fraction of sp³-hybridized carbons (Fsp3) is 0.389. The summed E-state index contributed by atoms with van der Waals surface area (Å²) < 4.78 is 5.04. The first-order valence-corrected chi connectivity index (χ1v) is 7.44. The first kappa shape index (κ1) is 14.1. The lowest BCUT2D eigenvalue weighted by molar-refractivity contribution is -0.148. The summed E-state index contributed by atoms with van der Waals surface area (Å²) in [4.78, 5) is 14.4. The number of esters is 1. The lowest BCUT2D eigenvalue weighted by atomic mass is 9.79. The van der Waals surface area contributed by atoms with E-state index in [2.05, 4.69) is 54.4 Å². The Morgan fingerprint density at radius 3 is 2.76 bits per heavy atom. The lowest BCUT2D eigenvalue weighted by Crippen LogP contribution is -2.41. The molecule has 0 aliphatic carbocycles. The summed E-state index contributed by atoms with van der Waals surface area (Å²) in [6.07, 6.45) is 0.990. The van der Waals surface area contributed by atoms with Gasteiger partial charge in [-0.3, -0.25) is 4.79 Å². The Kier molecular flexibility index (Phi) is 3.93. The van der Waals surface area contributed by atoms with Crippen LogP contribution < -0.4 is 0 Å². The van der Waals surface area contributed by atoms with E-state index in [0.717, 1.165) is 19.5 Å². The van der Waals surface area contributed by atoms with Gasteiger partial charge in [-0.05, 0) is 36.3 Å². The highest BCUT2D eigenvalue weighted by molar-refractivity contribution is 5.87. The maximum atomic E-state index is 12.2. The highest BCUT2D eigenvalue weighted by Gasteiger charge is 2.35. The smallest absolute Gasteiger partial charge is 0.310 e. The normalized spacial score (nSPS) is 23.1. The molecule has 0 aromatic heterocycles. The molecule has 0 N–H and O–H groups in total. The van der Waals surface area contributed by atoms with E-state index in [1.807, 2.05) is 0 Å². The van der Waals surface area contributed by atoms with Crippen molar-refractivity contribution in [1.29, 1.82) is 0 Å². The van der Waals surface area contributed by atoms with Crippen molar-refractivity contribution in [3.05, 3.63) is 48.0 Å². The van der Waals surface area contributed by atoms with Crippen LogP contribution in [0, 0.1) is 5.92 Å². The quantitative estimate of drug-likeness (QED) is 0.793. The molecule has 2 aromatic carbocycles. The van der Waals surface area contributed by atoms with Crippen LogP contribution in [0.3, 0.4) is 0 Å². The van der Waals surface area contributed by atoms with Crippen LogP contribution in [0.15, 0.2) is 42.5 Å². The number of ether oxygens (including phenoxy) is 1. The van der Waals surface area contributed by atoms with Crippen LogP contribution in [0.2, 0.25) is 0 Å². The van der Waals surface area contributed by atoms with Gasteiger partial charge < -0.3 is 9.64 Å². The molecule has 0 amide bonds. The molecule has 1 heterocycles. The molecule has 110 valence electrons. The number of likely N-dealkylation sites (tertiary alicyclic amines) is 1. The Morgan fingerprint density at radius 2 is 1.95 bits per heavy atom. The second-order valence-corrected chi connectivity index (χ2v) is 5.86. The van der Waals surface area contributed by atoms with Gasteiger partial charge in [-0.25, -0.2) is 0 Å². The molecule has 0 bridgehead atoms. The van der Waals surface area contributed by atoms with E-state index < -0.39 is 0 Å². The van der Waals surface area contributed by atoms with Gasteiger partial charge in [-0.1, -0.05) is 42.5 Å². The predicted molar refractivity (Wildman–Crippen MR) is 84.3 cm³/mol. The number of rotatable bonds is 2. The fourth-order valence-electron chi connectivity index (χ4n) is 3.45. The molecule has 1 fully saturated rings. The Hall–Kier alpha value is -1.87. The van der Waals surface area contributed by atoms with Crippen LogP contribution in [0.25, 0.3) is 10.8 Å². The summed E-state index contributed by atoms with van der Waals surface area (Å²) in [5.74, 6) is 0.0544. The van der Waals surface area contributed by atoms with Gasteiger partial charge in [0.25, 0.3) is 0 Å². The van der Waals surface area contributed by atoms with E-state index in [-0.39, 0.29) is 17.8 Å². The van der Waals surface area contributed by atoms with Crippen molar-refractivity contribution in [3.8, 4) is 0 Å². The van der Waals surface area contributed by atoms with Crippen molar-refractivity contribution < 1.29 is 9.53 Å². The highest BCUT2D eigenvalue weighted by Crippen LogP contribution is 2.37. The Balaban J connectivity index is 2.05. The van der Waals surface area contributed by atoms with Gasteiger partial charge in [-0.15, -0.1) is 0 Å². The van der Waals surface area contributed by atoms with E-state index in [0.29, 0.717) is 0 Å². The predicted octanol–water partition coefficient (Wildman–Crippen LogP) is 3.05. The second-order valence-electron chi connectivity index (χ2n) is 5.86. The lowest BCUT2D eigenvalue weighted by Gasteiger charge is -2.35. The SMILES string of the molecule is COC(=O)[C@H]1CN(C)CC[C@@H]1c1cccc2ccccc12. The van der Waals surface area contributed by atoms with Gasteiger partial charge in [0.15, 0.2) is 0 Å². The van der Waals surface area contributed by atoms with Gasteiger partial charge in [0.1, 0.15) is 0 Å². The van der Waals surface area contributed by atoms with E-state index in [9.17, 15) is 4.79 Å². The molecule has 1 aliphatic heterocycles. The summed E-state index contributed by atoms with van der Waals surface area (Å²) in [7, 11) is 3.55. The molecular formula is C18H21NO2. The Bertz CT molecular complexity index is 647. The summed E-state index contributed by atoms with van der Waals surface area (Å²) in [5.41, 5.74) is 1.27. The van der Waals surface area contributed by atoms with Crippen LogP contribution in [0.1, 0.15) is 17.9 Å². The molecule has 3 rings (SSSR count). The molecule has 0 spiro atoms. The molecule has 2 aromatic rings. The van der Waals surface area contributed by atoms with E-state index >= 15 is 0 Å². The molecule has 0 radical (unpaired) electrons. The van der Waals surface area contributed by atoms with Gasteiger partial charge in [-0.2, -0.15) is 0 Å². The minimum atomic E-state index is -0.0977. The minimum absolute atomic E-state index is 0.0837. The first-order chi connectivity index (χ1) is 10.2. The number of carbonyl (C=O) groups is 1. The molecular weight excluding hydrogens is 262 g/mol. The average Bonchev–Trinajstić information content (AvgIpc) is 2.53. The third-order valence-electron chi connectivity index (χ3n) is 4.54. The molecule has 3 heteroatoms. The van der Waals surface area contributed by atoms with Gasteiger partial charge in [0, 0.05) is 12.5 Å². The Morgan fingerprint density at radius 1 is 1.19 bits per heavy atom. The van der Waals surface area contributed by atoms with Gasteiger partial charge in [0.05, 0.1) is 13.0 Å². The number of methoxy groups -OCH3 is 1. The van der Waals surface area contributed by atoms with Crippen LogP contribution in [-0.2, 0) is 9.53 Å². The van der Waals surface area contributed by atoms with Crippen molar-refractivity contribution in [2.75, 3.05) is 27.2 Å². The minimum Gasteiger partial charge on any atom is -0.469 e. The maximum absolute atomic E-state index is 12.2. The molecule has 3 nitrogen and oxygen atoms in total. The number of piperidine rings is 1. The Labute approximate surface area is 125 Å². The zero-order valence-electron chi connectivity index (χ0n) is 12.6. The molecule has 0 saturated carbocycles. The zero-order chi connectivity index (χ0) is 14.8. The van der Waals surface area contributed by atoms with Crippen molar-refractivity contribution in [3.63, 3.8) is 0 Å². The second kappa shape index (κ2) is 5.86. The number of hydrogen-bond donors (Lipinski definition) is 0. The number of fused-ring (bicyclic) bond motifs is 1. The third kappa shape index (κ3) is 2.66. The largest absolute Gasteiger partial charge is 0.469 e. The topological polar surface area (TPSA) is 29.5 Å². The highest BCUT2D eigenvalue weighted by atomic mass is 16.5. The van der Waals surface area contributed by atoms with Crippen molar-refractivity contribution in [2.45, 2.75) is 12.3 Å². The standard InChI is InChI=1S/C18H21NO2/c1-19-11-10-16(17(12-19)18(20)21-2)15-9-5-7-13-6-3-4-8-14(13)15/h3-9,16-17H,10-12H2,1-2H3/t16-,17+/m1/s1. The van der Waals surface area contributed by atoms with Crippen molar-refractivity contribution >= 4 is 16.7 Å². The van der Waals surface area contributed by atoms with Crippen LogP contribution in [0.4, 0.5) is 0 Å². The monoisotopic (exact) mass is 283 g/mol.